The second-order valence-corrected chi connectivity index (χ2v) is 5.25. The maximum atomic E-state index is 12.0. The fraction of sp³-hybridized carbons (Fsp3) is 1.00. The first-order valence-corrected chi connectivity index (χ1v) is 6.03. The van der Waals surface area contributed by atoms with Gasteiger partial charge in [0, 0.05) is 19.5 Å². The molecule has 1 aliphatic heterocycles. The van der Waals surface area contributed by atoms with Gasteiger partial charge in [0.25, 0.3) is 10.2 Å². The third-order valence-electron chi connectivity index (χ3n) is 2.45. The van der Waals surface area contributed by atoms with E-state index in [-0.39, 0.29) is 25.9 Å². The highest BCUT2D eigenvalue weighted by Gasteiger charge is 2.34. The molecular formula is C7H13F3N2O2S. The molecule has 0 spiro atoms. The summed E-state index contributed by atoms with van der Waals surface area (Å²) in [6.07, 6.45) is -4.58. The molecular weight excluding hydrogens is 233 g/mol. The molecule has 0 amide bonds. The fourth-order valence-electron chi connectivity index (χ4n) is 1.70. The van der Waals surface area contributed by atoms with E-state index in [0.29, 0.717) is 0 Å². The van der Waals surface area contributed by atoms with Gasteiger partial charge in [-0.25, -0.2) is 5.14 Å². The van der Waals surface area contributed by atoms with Gasteiger partial charge in [-0.3, -0.25) is 0 Å². The van der Waals surface area contributed by atoms with Crippen LogP contribution in [0.5, 0.6) is 0 Å². The predicted molar refractivity (Wildman–Crippen MR) is 48.1 cm³/mol. The van der Waals surface area contributed by atoms with Crippen LogP contribution in [0.1, 0.15) is 19.3 Å². The fourth-order valence-corrected chi connectivity index (χ4v) is 2.41. The topological polar surface area (TPSA) is 63.4 Å². The van der Waals surface area contributed by atoms with Gasteiger partial charge < -0.3 is 0 Å². The highest BCUT2D eigenvalue weighted by molar-refractivity contribution is 7.86. The zero-order valence-corrected chi connectivity index (χ0v) is 8.81. The van der Waals surface area contributed by atoms with Crippen LogP contribution in [0.15, 0.2) is 0 Å². The van der Waals surface area contributed by atoms with Crippen molar-refractivity contribution in [2.24, 2.45) is 11.1 Å². The molecule has 1 heterocycles. The summed E-state index contributed by atoms with van der Waals surface area (Å²) < 4.78 is 58.8. The van der Waals surface area contributed by atoms with Crippen LogP contribution in [0, 0.1) is 5.92 Å². The van der Waals surface area contributed by atoms with Crippen LogP contribution in [0.25, 0.3) is 0 Å². The summed E-state index contributed by atoms with van der Waals surface area (Å²) in [6.45, 7) is 0.166. The van der Waals surface area contributed by atoms with E-state index in [1.807, 2.05) is 0 Å². The number of nitrogens with zero attached hydrogens (tertiary/aromatic N) is 1. The molecule has 2 N–H and O–H groups in total. The molecule has 0 unspecified atom stereocenters. The van der Waals surface area contributed by atoms with Gasteiger partial charge in [0.05, 0.1) is 0 Å². The van der Waals surface area contributed by atoms with Crippen molar-refractivity contribution in [3.63, 3.8) is 0 Å². The first kappa shape index (κ1) is 12.7. The predicted octanol–water partition coefficient (Wildman–Crippen LogP) is 0.854. The quantitative estimate of drug-likeness (QED) is 0.785. The Morgan fingerprint density at radius 1 is 1.27 bits per heavy atom. The lowest BCUT2D eigenvalue weighted by atomic mass is 9.94. The molecule has 1 fully saturated rings. The lowest BCUT2D eigenvalue weighted by Gasteiger charge is -2.30. The lowest BCUT2D eigenvalue weighted by molar-refractivity contribution is -0.146. The Morgan fingerprint density at radius 3 is 2.07 bits per heavy atom. The van der Waals surface area contributed by atoms with E-state index >= 15 is 0 Å². The summed E-state index contributed by atoms with van der Waals surface area (Å²) in [5.74, 6) is -0.483. The van der Waals surface area contributed by atoms with Gasteiger partial charge in [-0.2, -0.15) is 25.9 Å². The van der Waals surface area contributed by atoms with E-state index in [4.69, 9.17) is 5.14 Å². The number of alkyl halides is 3. The molecule has 1 rings (SSSR count). The Morgan fingerprint density at radius 2 is 1.73 bits per heavy atom. The Kier molecular flexibility index (Phi) is 3.62. The summed E-state index contributed by atoms with van der Waals surface area (Å²) in [4.78, 5) is 0. The van der Waals surface area contributed by atoms with Gasteiger partial charge in [0.2, 0.25) is 0 Å². The average molecular weight is 246 g/mol. The highest BCUT2D eigenvalue weighted by atomic mass is 32.2. The maximum absolute atomic E-state index is 12.0. The van der Waals surface area contributed by atoms with Crippen molar-refractivity contribution >= 4 is 10.2 Å². The normalized spacial score (nSPS) is 21.9. The molecule has 0 bridgehead atoms. The van der Waals surface area contributed by atoms with Gasteiger partial charge in [-0.1, -0.05) is 0 Å². The van der Waals surface area contributed by atoms with Crippen LogP contribution in [0.3, 0.4) is 0 Å². The molecule has 90 valence electrons. The van der Waals surface area contributed by atoms with Crippen LogP contribution in [-0.4, -0.2) is 32.0 Å². The highest BCUT2D eigenvalue weighted by Crippen LogP contribution is 2.31. The molecule has 0 radical (unpaired) electrons. The molecule has 0 aliphatic carbocycles. The Labute approximate surface area is 86.4 Å². The van der Waals surface area contributed by atoms with E-state index in [2.05, 4.69) is 0 Å². The second-order valence-electron chi connectivity index (χ2n) is 3.71. The molecule has 0 atom stereocenters. The van der Waals surface area contributed by atoms with E-state index in [1.54, 1.807) is 0 Å². The van der Waals surface area contributed by atoms with Crippen molar-refractivity contribution in [3.8, 4) is 0 Å². The van der Waals surface area contributed by atoms with Gasteiger partial charge in [0.1, 0.15) is 0 Å². The molecule has 0 aromatic rings. The van der Waals surface area contributed by atoms with Crippen molar-refractivity contribution in [2.45, 2.75) is 25.4 Å². The molecule has 8 heteroatoms. The van der Waals surface area contributed by atoms with E-state index < -0.39 is 28.7 Å². The smallest absolute Gasteiger partial charge is 0.216 e. The zero-order valence-electron chi connectivity index (χ0n) is 8.00. The standard InChI is InChI=1S/C7H13F3N2O2S/c8-7(9,10)5-6-1-3-12(4-2-6)15(11,13)14/h6H,1-5H2,(H2,11,13,14). The third kappa shape index (κ3) is 4.35. The van der Waals surface area contributed by atoms with Crippen LogP contribution in [-0.2, 0) is 10.2 Å². The van der Waals surface area contributed by atoms with Gasteiger partial charge in [-0.15, -0.1) is 0 Å². The number of rotatable bonds is 2. The first-order chi connectivity index (χ1) is 6.68. The van der Waals surface area contributed by atoms with Gasteiger partial charge >= 0.3 is 6.18 Å². The van der Waals surface area contributed by atoms with Crippen molar-refractivity contribution in [1.82, 2.24) is 4.31 Å². The van der Waals surface area contributed by atoms with Crippen LogP contribution in [0.2, 0.25) is 0 Å². The minimum Gasteiger partial charge on any atom is -0.216 e. The molecule has 0 saturated carbocycles. The number of nitrogens with two attached hydrogens (primary N) is 1. The minimum atomic E-state index is -4.17. The number of hydrogen-bond donors (Lipinski definition) is 1. The molecule has 0 aromatic heterocycles. The lowest BCUT2D eigenvalue weighted by Crippen LogP contribution is -2.42. The van der Waals surface area contributed by atoms with Crippen molar-refractivity contribution < 1.29 is 21.6 Å². The minimum absolute atomic E-state index is 0.0829. The largest absolute Gasteiger partial charge is 0.389 e. The summed E-state index contributed by atoms with van der Waals surface area (Å²) in [6, 6.07) is 0. The number of piperidine rings is 1. The monoisotopic (exact) mass is 246 g/mol. The van der Waals surface area contributed by atoms with E-state index in [0.717, 1.165) is 4.31 Å². The van der Waals surface area contributed by atoms with Crippen molar-refractivity contribution in [1.29, 1.82) is 0 Å². The summed E-state index contributed by atoms with van der Waals surface area (Å²) in [7, 11) is -3.74. The third-order valence-corrected chi connectivity index (χ3v) is 3.54. The van der Waals surface area contributed by atoms with Gasteiger partial charge in [0.15, 0.2) is 0 Å². The Hall–Kier alpha value is -0.340. The number of halogens is 3. The maximum Gasteiger partial charge on any atom is 0.389 e. The molecule has 15 heavy (non-hydrogen) atoms. The molecule has 1 saturated heterocycles. The summed E-state index contributed by atoms with van der Waals surface area (Å²) in [5.41, 5.74) is 0. The zero-order chi connectivity index (χ0) is 11.7. The second kappa shape index (κ2) is 4.26. The average Bonchev–Trinajstić information content (AvgIpc) is 2.00. The molecule has 4 nitrogen and oxygen atoms in total. The van der Waals surface area contributed by atoms with Crippen molar-refractivity contribution in [3.05, 3.63) is 0 Å². The van der Waals surface area contributed by atoms with E-state index in [1.165, 1.54) is 0 Å². The molecule has 1 aliphatic rings. The van der Waals surface area contributed by atoms with Crippen LogP contribution in [0.4, 0.5) is 13.2 Å². The van der Waals surface area contributed by atoms with Crippen LogP contribution < -0.4 is 5.14 Å². The molecule has 0 aromatic carbocycles. The van der Waals surface area contributed by atoms with Gasteiger partial charge in [-0.05, 0) is 18.8 Å². The first-order valence-electron chi connectivity index (χ1n) is 4.53. The number of hydrogen-bond acceptors (Lipinski definition) is 2. The summed E-state index contributed by atoms with van der Waals surface area (Å²) in [5, 5.41) is 4.86. The van der Waals surface area contributed by atoms with Crippen molar-refractivity contribution in [2.75, 3.05) is 13.1 Å². The Bertz CT molecular complexity index is 307. The van der Waals surface area contributed by atoms with E-state index in [9.17, 15) is 21.6 Å². The van der Waals surface area contributed by atoms with Crippen LogP contribution >= 0.6 is 0 Å². The SMILES string of the molecule is NS(=O)(=O)N1CCC(CC(F)(F)F)CC1. The summed E-state index contributed by atoms with van der Waals surface area (Å²) >= 11 is 0. The Balaban J connectivity index is 2.43.